The molecule has 1 aliphatic carbocycles. The van der Waals surface area contributed by atoms with E-state index >= 15 is 0 Å². The van der Waals surface area contributed by atoms with E-state index in [0.29, 0.717) is 21.6 Å². The topological polar surface area (TPSA) is 78.7 Å². The van der Waals surface area contributed by atoms with Gasteiger partial charge in [0.2, 0.25) is 5.91 Å². The quantitative estimate of drug-likeness (QED) is 0.310. The van der Waals surface area contributed by atoms with Crippen LogP contribution in [0.15, 0.2) is 77.1 Å². The Kier molecular flexibility index (Phi) is 6.94. The Hall–Kier alpha value is -3.47. The normalized spacial score (nSPS) is 15.6. The van der Waals surface area contributed by atoms with Crippen LogP contribution in [0.2, 0.25) is 0 Å². The molecule has 7 heteroatoms. The predicted molar refractivity (Wildman–Crippen MR) is 142 cm³/mol. The number of nitrogens with one attached hydrogen (secondary N) is 1. The van der Waals surface area contributed by atoms with Crippen molar-refractivity contribution in [2.45, 2.75) is 42.4 Å². The molecule has 0 saturated carbocycles. The molecule has 2 atom stereocenters. The van der Waals surface area contributed by atoms with E-state index in [4.69, 9.17) is 4.98 Å². The summed E-state index contributed by atoms with van der Waals surface area (Å²) in [5, 5.41) is 15.4. The van der Waals surface area contributed by atoms with Crippen LogP contribution in [-0.2, 0) is 17.6 Å². The fraction of sp³-hybridized carbons (Fsp3) is 0.214. The minimum atomic E-state index is -0.419. The number of nitrogens with zero attached hydrogens (tertiary/aromatic N) is 3. The Labute approximate surface area is 213 Å². The zero-order valence-electron chi connectivity index (χ0n) is 19.3. The maximum atomic E-state index is 12.9. The zero-order chi connectivity index (χ0) is 24.2. The highest BCUT2D eigenvalue weighted by Crippen LogP contribution is 2.35. The number of anilines is 1. The van der Waals surface area contributed by atoms with Gasteiger partial charge in [-0.05, 0) is 49.3 Å². The molecule has 2 heterocycles. The van der Waals surface area contributed by atoms with E-state index in [2.05, 4.69) is 40.6 Å². The smallest absolute Gasteiger partial charge is 0.239 e. The number of thioether (sulfide) groups is 1. The lowest BCUT2D eigenvalue weighted by molar-refractivity contribution is -0.115. The molecule has 2 unspecified atom stereocenters. The van der Waals surface area contributed by atoms with Crippen LogP contribution in [0.25, 0.3) is 11.3 Å². The van der Waals surface area contributed by atoms with Crippen molar-refractivity contribution >= 4 is 34.1 Å². The lowest BCUT2D eigenvalue weighted by Crippen LogP contribution is -2.23. The maximum absolute atomic E-state index is 12.9. The molecule has 0 bridgehead atoms. The van der Waals surface area contributed by atoms with Crippen molar-refractivity contribution in [3.05, 3.63) is 94.5 Å². The Morgan fingerprint density at radius 1 is 1.14 bits per heavy atom. The molecule has 1 amide bonds. The largest absolute Gasteiger partial charge is 0.301 e. The summed E-state index contributed by atoms with van der Waals surface area (Å²) in [7, 11) is 0. The number of carbonyl (C=O) groups is 1. The molecule has 0 aliphatic heterocycles. The summed E-state index contributed by atoms with van der Waals surface area (Å²) in [6.45, 7) is 1.83. The van der Waals surface area contributed by atoms with E-state index in [9.17, 15) is 10.1 Å². The third kappa shape index (κ3) is 5.29. The fourth-order valence-corrected chi connectivity index (χ4v) is 5.94. The summed E-state index contributed by atoms with van der Waals surface area (Å²) < 4.78 is 0. The second-order valence-electron chi connectivity index (χ2n) is 8.56. The number of rotatable bonds is 6. The minimum Gasteiger partial charge on any atom is -0.301 e. The molecule has 0 fully saturated rings. The van der Waals surface area contributed by atoms with E-state index in [-0.39, 0.29) is 5.91 Å². The summed E-state index contributed by atoms with van der Waals surface area (Å²) in [6, 6.07) is 24.7. The van der Waals surface area contributed by atoms with Gasteiger partial charge in [0.15, 0.2) is 5.13 Å². The third-order valence-electron chi connectivity index (χ3n) is 6.20. The number of hydrogen-bond donors (Lipinski definition) is 1. The van der Waals surface area contributed by atoms with E-state index in [1.54, 1.807) is 0 Å². The predicted octanol–water partition coefficient (Wildman–Crippen LogP) is 6.47. The Morgan fingerprint density at radius 3 is 2.63 bits per heavy atom. The van der Waals surface area contributed by atoms with Gasteiger partial charge in [-0.1, -0.05) is 72.4 Å². The first-order chi connectivity index (χ1) is 17.1. The highest BCUT2D eigenvalue weighted by molar-refractivity contribution is 8.00. The number of aryl methyl sites for hydroxylation is 1. The zero-order valence-corrected chi connectivity index (χ0v) is 20.9. The number of nitriles is 1. The van der Waals surface area contributed by atoms with Crippen molar-refractivity contribution in [3.8, 4) is 17.3 Å². The molecule has 2 aromatic heterocycles. The Bertz CT molecular complexity index is 1380. The molecule has 4 aromatic rings. The lowest BCUT2D eigenvalue weighted by Gasteiger charge is -2.25. The van der Waals surface area contributed by atoms with Gasteiger partial charge in [0.1, 0.15) is 11.1 Å². The molecule has 0 saturated heterocycles. The Balaban J connectivity index is 1.27. The van der Waals surface area contributed by atoms with E-state index in [1.165, 1.54) is 28.7 Å². The molecule has 0 spiro atoms. The number of thiazole rings is 1. The van der Waals surface area contributed by atoms with Crippen LogP contribution in [0.3, 0.4) is 0 Å². The number of amides is 1. The van der Waals surface area contributed by atoms with Crippen LogP contribution in [0.4, 0.5) is 5.13 Å². The molecule has 174 valence electrons. The summed E-state index contributed by atoms with van der Waals surface area (Å²) in [4.78, 5) is 22.3. The molecule has 0 radical (unpaired) electrons. The van der Waals surface area contributed by atoms with Crippen LogP contribution in [0, 0.1) is 11.3 Å². The van der Waals surface area contributed by atoms with Crippen LogP contribution in [0.5, 0.6) is 0 Å². The van der Waals surface area contributed by atoms with Gasteiger partial charge in [-0.15, -0.1) is 11.3 Å². The fourth-order valence-electron chi connectivity index (χ4n) is 4.33. The second kappa shape index (κ2) is 10.4. The number of benzene rings is 2. The number of aromatic nitrogens is 2. The van der Waals surface area contributed by atoms with Gasteiger partial charge in [-0.25, -0.2) is 9.97 Å². The van der Waals surface area contributed by atoms with Gasteiger partial charge in [0.05, 0.1) is 16.5 Å². The van der Waals surface area contributed by atoms with Crippen molar-refractivity contribution < 1.29 is 4.79 Å². The Morgan fingerprint density at radius 2 is 1.89 bits per heavy atom. The standard InChI is InChI=1S/C28H24N4OS2/c1-18(26(33)32-28-31-25(17-34-28)20-10-6-3-7-11-20)35-27-23(16-29)15-22-14-21(12-13-24(22)30-27)19-8-4-2-5-9-19/h2-11,15,17-18,21H,12-14H2,1H3,(H,31,32,33). The van der Waals surface area contributed by atoms with Crippen molar-refractivity contribution in [1.82, 2.24) is 9.97 Å². The second-order valence-corrected chi connectivity index (χ2v) is 10.7. The van der Waals surface area contributed by atoms with Gasteiger partial charge in [0, 0.05) is 16.6 Å². The van der Waals surface area contributed by atoms with Crippen LogP contribution >= 0.6 is 23.1 Å². The van der Waals surface area contributed by atoms with E-state index in [0.717, 1.165) is 41.8 Å². The first-order valence-corrected chi connectivity index (χ1v) is 13.3. The number of hydrogen-bond acceptors (Lipinski definition) is 6. The average Bonchev–Trinajstić information content (AvgIpc) is 3.37. The van der Waals surface area contributed by atoms with Gasteiger partial charge >= 0.3 is 0 Å². The number of pyridine rings is 1. The number of fused-ring (bicyclic) bond motifs is 1. The maximum Gasteiger partial charge on any atom is 0.239 e. The van der Waals surface area contributed by atoms with Crippen LogP contribution in [-0.4, -0.2) is 21.1 Å². The monoisotopic (exact) mass is 496 g/mol. The molecular weight excluding hydrogens is 472 g/mol. The molecule has 5 nitrogen and oxygen atoms in total. The first-order valence-electron chi connectivity index (χ1n) is 11.6. The molecule has 2 aromatic carbocycles. The highest BCUT2D eigenvalue weighted by Gasteiger charge is 2.25. The first kappa shape index (κ1) is 23.3. The highest BCUT2D eigenvalue weighted by atomic mass is 32.2. The van der Waals surface area contributed by atoms with Crippen molar-refractivity contribution in [1.29, 1.82) is 5.26 Å². The third-order valence-corrected chi connectivity index (χ3v) is 8.06. The van der Waals surface area contributed by atoms with Crippen molar-refractivity contribution in [3.63, 3.8) is 0 Å². The van der Waals surface area contributed by atoms with Gasteiger partial charge in [-0.2, -0.15) is 5.26 Å². The van der Waals surface area contributed by atoms with E-state index in [1.807, 2.05) is 54.8 Å². The minimum absolute atomic E-state index is 0.156. The van der Waals surface area contributed by atoms with Crippen molar-refractivity contribution in [2.24, 2.45) is 0 Å². The summed E-state index contributed by atoms with van der Waals surface area (Å²) in [5.74, 6) is 0.288. The van der Waals surface area contributed by atoms with E-state index < -0.39 is 5.25 Å². The van der Waals surface area contributed by atoms with Gasteiger partial charge in [-0.3, -0.25) is 4.79 Å². The van der Waals surface area contributed by atoms with Crippen molar-refractivity contribution in [2.75, 3.05) is 5.32 Å². The summed E-state index contributed by atoms with van der Waals surface area (Å²) in [6.07, 6.45) is 2.79. The summed E-state index contributed by atoms with van der Waals surface area (Å²) in [5.41, 5.74) is 5.89. The van der Waals surface area contributed by atoms with Gasteiger partial charge < -0.3 is 5.32 Å². The lowest BCUT2D eigenvalue weighted by atomic mass is 9.82. The molecule has 1 N–H and O–H groups in total. The van der Waals surface area contributed by atoms with Crippen LogP contribution < -0.4 is 5.32 Å². The molecule has 35 heavy (non-hydrogen) atoms. The van der Waals surface area contributed by atoms with Gasteiger partial charge in [0.25, 0.3) is 0 Å². The SMILES string of the molecule is CC(Sc1nc2c(cc1C#N)CC(c1ccccc1)CC2)C(=O)Nc1nc(-c2ccccc2)cs1. The number of carbonyl (C=O) groups excluding carboxylic acids is 1. The average molecular weight is 497 g/mol. The van der Waals surface area contributed by atoms with Crippen LogP contribution in [0.1, 0.15) is 41.6 Å². The molecule has 1 aliphatic rings. The molecule has 5 rings (SSSR count). The summed E-state index contributed by atoms with van der Waals surface area (Å²) >= 11 is 2.73. The molecular formula is C28H24N4OS2.